The minimum Gasteiger partial charge on any atom is -0.406 e. The summed E-state index contributed by atoms with van der Waals surface area (Å²) in [5.74, 6) is 0.379. The maximum absolute atomic E-state index is 12.3. The smallest absolute Gasteiger partial charge is 0.406 e. The lowest BCUT2D eigenvalue weighted by atomic mass is 10.2. The molecule has 0 amide bonds. The van der Waals surface area contributed by atoms with Crippen molar-refractivity contribution in [3.63, 3.8) is 0 Å². The van der Waals surface area contributed by atoms with Gasteiger partial charge in [-0.15, -0.1) is 13.2 Å². The van der Waals surface area contributed by atoms with E-state index in [0.717, 1.165) is 10.3 Å². The Bertz CT molecular complexity index is 1100. The molecule has 3 aromatic heterocycles. The highest BCUT2D eigenvalue weighted by atomic mass is 32.1. The van der Waals surface area contributed by atoms with Gasteiger partial charge in [0, 0.05) is 19.7 Å². The van der Waals surface area contributed by atoms with Crippen LogP contribution in [-0.4, -0.2) is 32.9 Å². The average Bonchev–Trinajstić information content (AvgIpc) is 3.17. The molecule has 0 aliphatic heterocycles. The number of nitrogens with zero attached hydrogens (tertiary/aromatic N) is 4. The van der Waals surface area contributed by atoms with Crippen LogP contribution in [0, 0.1) is 0 Å². The van der Waals surface area contributed by atoms with Gasteiger partial charge < -0.3 is 14.6 Å². The quantitative estimate of drug-likeness (QED) is 0.578. The third kappa shape index (κ3) is 2.81. The number of nitrogens with one attached hydrogen (secondary N) is 1. The number of rotatable bonds is 3. The van der Waals surface area contributed by atoms with Crippen LogP contribution in [0.15, 0.2) is 30.6 Å². The van der Waals surface area contributed by atoms with Gasteiger partial charge in [0.1, 0.15) is 32.1 Å². The highest BCUT2D eigenvalue weighted by molar-refractivity contribution is 7.21. The fraction of sp³-hybridized carbons (Fsp3) is 0.188. The molecule has 0 saturated heterocycles. The fourth-order valence-electron chi connectivity index (χ4n) is 2.68. The molecule has 10 heteroatoms. The van der Waals surface area contributed by atoms with E-state index in [0.29, 0.717) is 27.4 Å². The van der Waals surface area contributed by atoms with Crippen LogP contribution in [0.4, 0.5) is 19.0 Å². The second kappa shape index (κ2) is 5.84. The van der Waals surface area contributed by atoms with Crippen LogP contribution >= 0.6 is 11.3 Å². The zero-order valence-corrected chi connectivity index (χ0v) is 14.4. The summed E-state index contributed by atoms with van der Waals surface area (Å²) in [6, 6.07) is 5.61. The first-order valence-electron chi connectivity index (χ1n) is 7.51. The fourth-order valence-corrected chi connectivity index (χ4v) is 3.63. The summed E-state index contributed by atoms with van der Waals surface area (Å²) < 4.78 is 42.6. The number of anilines is 1. The lowest BCUT2D eigenvalue weighted by Gasteiger charge is -2.08. The first-order valence-corrected chi connectivity index (χ1v) is 8.33. The Hall–Kier alpha value is -2.88. The van der Waals surface area contributed by atoms with Crippen molar-refractivity contribution in [2.45, 2.75) is 6.36 Å². The first-order chi connectivity index (χ1) is 12.4. The molecular weight excluding hydrogens is 367 g/mol. The van der Waals surface area contributed by atoms with Gasteiger partial charge in [-0.3, -0.25) is 0 Å². The molecule has 3 heterocycles. The number of pyridine rings is 1. The van der Waals surface area contributed by atoms with Crippen LogP contribution in [0.5, 0.6) is 5.75 Å². The van der Waals surface area contributed by atoms with Crippen LogP contribution in [0.2, 0.25) is 0 Å². The number of aryl methyl sites for hydroxylation is 1. The maximum Gasteiger partial charge on any atom is 0.573 e. The summed E-state index contributed by atoms with van der Waals surface area (Å²) in [6.07, 6.45) is -3.02. The molecular formula is C16H12F3N5OS. The van der Waals surface area contributed by atoms with E-state index >= 15 is 0 Å². The van der Waals surface area contributed by atoms with E-state index in [2.05, 4.69) is 25.0 Å². The van der Waals surface area contributed by atoms with Crippen LogP contribution in [0.3, 0.4) is 0 Å². The molecule has 1 aromatic carbocycles. The van der Waals surface area contributed by atoms with E-state index in [-0.39, 0.29) is 5.75 Å². The molecule has 4 rings (SSSR count). The number of imidazole rings is 1. The summed E-state index contributed by atoms with van der Waals surface area (Å²) >= 11 is 1.36. The van der Waals surface area contributed by atoms with Crippen molar-refractivity contribution in [3.05, 3.63) is 30.6 Å². The van der Waals surface area contributed by atoms with E-state index in [4.69, 9.17) is 0 Å². The number of alkyl halides is 3. The first kappa shape index (κ1) is 16.6. The number of halogens is 3. The monoisotopic (exact) mass is 379 g/mol. The number of hydrogen-bond donors (Lipinski definition) is 1. The van der Waals surface area contributed by atoms with Crippen LogP contribution in [0.1, 0.15) is 0 Å². The number of benzene rings is 1. The third-order valence-electron chi connectivity index (χ3n) is 3.78. The van der Waals surface area contributed by atoms with Crippen molar-refractivity contribution in [2.75, 3.05) is 12.4 Å². The summed E-state index contributed by atoms with van der Waals surface area (Å²) in [6.45, 7) is 0. The topological polar surface area (TPSA) is 64.9 Å². The average molecular weight is 379 g/mol. The van der Waals surface area contributed by atoms with Crippen molar-refractivity contribution in [1.29, 1.82) is 0 Å². The number of ether oxygens (including phenoxy) is 1. The molecule has 134 valence electrons. The van der Waals surface area contributed by atoms with E-state index in [1.54, 1.807) is 13.4 Å². The zero-order valence-electron chi connectivity index (χ0n) is 13.6. The molecule has 0 unspecified atom stereocenters. The minimum absolute atomic E-state index is 0.271. The van der Waals surface area contributed by atoms with Crippen LogP contribution in [0.25, 0.3) is 32.0 Å². The number of aromatic nitrogens is 4. The van der Waals surface area contributed by atoms with E-state index in [1.165, 1.54) is 35.6 Å². The Kier molecular flexibility index (Phi) is 3.72. The second-order valence-corrected chi connectivity index (χ2v) is 6.49. The molecule has 0 atom stereocenters. The normalized spacial score (nSPS) is 12.0. The largest absolute Gasteiger partial charge is 0.573 e. The van der Waals surface area contributed by atoms with Crippen LogP contribution < -0.4 is 10.1 Å². The molecule has 0 aliphatic carbocycles. The van der Waals surface area contributed by atoms with Gasteiger partial charge in [0.05, 0.1) is 6.33 Å². The Morgan fingerprint density at radius 3 is 2.50 bits per heavy atom. The van der Waals surface area contributed by atoms with Gasteiger partial charge in [-0.05, 0) is 24.3 Å². The second-order valence-electron chi connectivity index (χ2n) is 5.51. The predicted octanol–water partition coefficient (Wildman–Crippen LogP) is 4.19. The van der Waals surface area contributed by atoms with Gasteiger partial charge in [-0.2, -0.15) is 0 Å². The molecule has 0 radical (unpaired) electrons. The van der Waals surface area contributed by atoms with Crippen molar-refractivity contribution < 1.29 is 17.9 Å². The number of hydrogen-bond acceptors (Lipinski definition) is 6. The lowest BCUT2D eigenvalue weighted by molar-refractivity contribution is -0.274. The molecule has 26 heavy (non-hydrogen) atoms. The molecule has 0 fully saturated rings. The number of thiazole rings is 1. The third-order valence-corrected chi connectivity index (χ3v) is 4.78. The summed E-state index contributed by atoms with van der Waals surface area (Å²) in [4.78, 5) is 14.2. The molecule has 4 aromatic rings. The Labute approximate surface area is 149 Å². The maximum atomic E-state index is 12.3. The summed E-state index contributed by atoms with van der Waals surface area (Å²) in [5.41, 5.74) is 2.95. The predicted molar refractivity (Wildman–Crippen MR) is 93.4 cm³/mol. The molecule has 0 bridgehead atoms. The molecule has 6 nitrogen and oxygen atoms in total. The highest BCUT2D eigenvalue weighted by Crippen LogP contribution is 2.35. The molecule has 0 aliphatic rings. The van der Waals surface area contributed by atoms with E-state index < -0.39 is 6.36 Å². The summed E-state index contributed by atoms with van der Waals surface area (Å²) in [7, 11) is 3.64. The molecule has 0 saturated carbocycles. The minimum atomic E-state index is -4.71. The van der Waals surface area contributed by atoms with Crippen molar-refractivity contribution >= 4 is 38.5 Å². The van der Waals surface area contributed by atoms with Gasteiger partial charge in [0.15, 0.2) is 5.82 Å². The summed E-state index contributed by atoms with van der Waals surface area (Å²) in [5, 5.41) is 3.68. The Morgan fingerprint density at radius 2 is 1.85 bits per heavy atom. The number of fused-ring (bicyclic) bond motifs is 3. The highest BCUT2D eigenvalue weighted by Gasteiger charge is 2.31. The SMILES string of the molecule is CNc1nc2sc(-c3ccc(OC(F)(F)F)cc3)nc2c2c1ncn2C. The van der Waals surface area contributed by atoms with Gasteiger partial charge in [0.2, 0.25) is 0 Å². The Morgan fingerprint density at radius 1 is 1.12 bits per heavy atom. The van der Waals surface area contributed by atoms with Gasteiger partial charge in [-0.1, -0.05) is 11.3 Å². The van der Waals surface area contributed by atoms with Crippen molar-refractivity contribution in [3.8, 4) is 16.3 Å². The molecule has 0 spiro atoms. The van der Waals surface area contributed by atoms with E-state index in [9.17, 15) is 13.2 Å². The van der Waals surface area contributed by atoms with E-state index in [1.807, 2.05) is 11.6 Å². The van der Waals surface area contributed by atoms with Gasteiger partial charge in [0.25, 0.3) is 0 Å². The standard InChI is InChI=1S/C16H12F3N5OS/c1-20-13-10-12(24(2)7-21-10)11-15(23-13)26-14(22-11)8-3-5-9(6-4-8)25-16(17,18)19/h3-7H,1-2H3,(H,20,23). The van der Waals surface area contributed by atoms with Gasteiger partial charge >= 0.3 is 6.36 Å². The zero-order chi connectivity index (χ0) is 18.5. The lowest BCUT2D eigenvalue weighted by Crippen LogP contribution is -2.16. The van der Waals surface area contributed by atoms with Crippen molar-refractivity contribution in [2.24, 2.45) is 7.05 Å². The Balaban J connectivity index is 1.80. The van der Waals surface area contributed by atoms with Gasteiger partial charge in [-0.25, -0.2) is 15.0 Å². The van der Waals surface area contributed by atoms with Crippen LogP contribution in [-0.2, 0) is 7.05 Å². The molecule has 1 N–H and O–H groups in total. The van der Waals surface area contributed by atoms with Crippen molar-refractivity contribution in [1.82, 2.24) is 19.5 Å².